The summed E-state index contributed by atoms with van der Waals surface area (Å²) in [4.78, 5) is 0. The van der Waals surface area contributed by atoms with E-state index in [1.165, 1.54) is 25.3 Å². The van der Waals surface area contributed by atoms with E-state index in [0.29, 0.717) is 5.92 Å². The minimum atomic E-state index is 0.565. The molecule has 100 valence electrons. The van der Waals surface area contributed by atoms with Gasteiger partial charge in [-0.2, -0.15) is 0 Å². The predicted octanol–water partition coefficient (Wildman–Crippen LogP) is 3.28. The number of hydrogen-bond acceptors (Lipinski definition) is 2. The third kappa shape index (κ3) is 6.70. The molecule has 0 saturated heterocycles. The molecule has 3 heteroatoms. The van der Waals surface area contributed by atoms with Crippen molar-refractivity contribution < 1.29 is 9.47 Å². The van der Waals surface area contributed by atoms with Crippen LogP contribution in [0.15, 0.2) is 36.5 Å². The molecule has 0 radical (unpaired) electrons. The van der Waals surface area contributed by atoms with E-state index < -0.39 is 0 Å². The zero-order chi connectivity index (χ0) is 13.1. The molecule has 1 aliphatic rings. The van der Waals surface area contributed by atoms with Crippen molar-refractivity contribution in [3.8, 4) is 0 Å². The molecule has 0 aromatic carbocycles. The van der Waals surface area contributed by atoms with Gasteiger partial charge in [-0.3, -0.25) is 0 Å². The Kier molecular flexibility index (Phi) is 8.40. The second kappa shape index (κ2) is 10.0. The smallest absolute Gasteiger partial charge is 0.157 e. The van der Waals surface area contributed by atoms with Gasteiger partial charge in [0.05, 0.1) is 19.5 Å². The second-order valence-corrected chi connectivity index (χ2v) is 4.70. The second-order valence-electron chi connectivity index (χ2n) is 4.70. The van der Waals surface area contributed by atoms with Gasteiger partial charge in [0.2, 0.25) is 0 Å². The van der Waals surface area contributed by atoms with Crippen LogP contribution in [0, 0.1) is 5.92 Å². The Morgan fingerprint density at radius 1 is 1.44 bits per heavy atom. The summed E-state index contributed by atoms with van der Waals surface area (Å²) < 4.78 is 10.7. The van der Waals surface area contributed by atoms with Crippen LogP contribution < -0.4 is 0 Å². The van der Waals surface area contributed by atoms with Gasteiger partial charge < -0.3 is 9.47 Å². The Morgan fingerprint density at radius 3 is 2.94 bits per heavy atom. The average molecular weight is 248 g/mol. The molecule has 1 rings (SSSR count). The molecule has 2 nitrogen and oxygen atoms in total. The number of rotatable bonds is 10. The first-order valence-electron chi connectivity index (χ1n) is 7.04. The third-order valence-corrected chi connectivity index (χ3v) is 3.05. The van der Waals surface area contributed by atoms with Crippen molar-refractivity contribution in [1.82, 2.24) is 0 Å². The fourth-order valence-corrected chi connectivity index (χ4v) is 2.01. The molecule has 0 unspecified atom stereocenters. The summed E-state index contributed by atoms with van der Waals surface area (Å²) in [5.74, 6) is 0.565. The monoisotopic (exact) mass is 248 g/mol. The lowest BCUT2D eigenvalue weighted by molar-refractivity contribution is 0.104. The van der Waals surface area contributed by atoms with Crippen LogP contribution in [0.2, 0.25) is 6.32 Å². The Balaban J connectivity index is 1.98. The standard InChI is InChI=1S/C15H25BO2/c1-3-16-15-9-7-14(8-10-15)13-18-12-6-5-11-17-4-2/h4,7,9-10,14,16H,2-3,5-6,8,11-13H2,1H3/t14-/m0/s1. The van der Waals surface area contributed by atoms with Crippen LogP contribution in [0.4, 0.5) is 0 Å². The van der Waals surface area contributed by atoms with Crippen LogP contribution in [-0.2, 0) is 9.47 Å². The summed E-state index contributed by atoms with van der Waals surface area (Å²) in [6.45, 7) is 8.15. The van der Waals surface area contributed by atoms with E-state index in [0.717, 1.165) is 39.1 Å². The highest BCUT2D eigenvalue weighted by Crippen LogP contribution is 2.16. The van der Waals surface area contributed by atoms with Crippen molar-refractivity contribution in [2.45, 2.75) is 32.5 Å². The molecule has 0 amide bonds. The highest BCUT2D eigenvalue weighted by molar-refractivity contribution is 6.46. The zero-order valence-electron chi connectivity index (χ0n) is 11.6. The molecule has 18 heavy (non-hydrogen) atoms. The molecule has 0 heterocycles. The zero-order valence-corrected chi connectivity index (χ0v) is 11.6. The molecule has 0 bridgehead atoms. The quantitative estimate of drug-likeness (QED) is 0.335. The lowest BCUT2D eigenvalue weighted by Gasteiger charge is -2.16. The Morgan fingerprint density at radius 2 is 2.28 bits per heavy atom. The molecular formula is C15H25BO2. The van der Waals surface area contributed by atoms with E-state index in [-0.39, 0.29) is 0 Å². The van der Waals surface area contributed by atoms with Gasteiger partial charge in [0.15, 0.2) is 7.28 Å². The number of ether oxygens (including phenoxy) is 2. The van der Waals surface area contributed by atoms with Gasteiger partial charge in [-0.15, -0.1) is 0 Å². The third-order valence-electron chi connectivity index (χ3n) is 3.05. The summed E-state index contributed by atoms with van der Waals surface area (Å²) in [5.41, 5.74) is 1.48. The van der Waals surface area contributed by atoms with Gasteiger partial charge in [0.1, 0.15) is 0 Å². The summed E-state index contributed by atoms with van der Waals surface area (Å²) in [5, 5.41) is 0. The molecular weight excluding hydrogens is 223 g/mol. The largest absolute Gasteiger partial charge is 0.502 e. The van der Waals surface area contributed by atoms with Gasteiger partial charge in [-0.05, 0) is 19.3 Å². The molecule has 0 saturated carbocycles. The minimum absolute atomic E-state index is 0.565. The normalized spacial score (nSPS) is 18.3. The summed E-state index contributed by atoms with van der Waals surface area (Å²) in [7, 11) is 1.20. The summed E-state index contributed by atoms with van der Waals surface area (Å²) >= 11 is 0. The Labute approximate surface area is 112 Å². The first kappa shape index (κ1) is 15.1. The Bertz CT molecular complexity index is 284. The van der Waals surface area contributed by atoms with Crippen LogP contribution in [0.1, 0.15) is 26.2 Å². The number of unbranched alkanes of at least 4 members (excludes halogenated alkanes) is 1. The first-order valence-corrected chi connectivity index (χ1v) is 7.04. The van der Waals surface area contributed by atoms with E-state index in [2.05, 4.69) is 31.7 Å². The summed E-state index contributed by atoms with van der Waals surface area (Å²) in [6.07, 6.45) is 12.9. The SMILES string of the molecule is C=COCCCCOC[C@H]1C=CC(BCC)=CC1. The van der Waals surface area contributed by atoms with Crippen LogP contribution in [0.25, 0.3) is 0 Å². The maximum absolute atomic E-state index is 5.69. The number of hydrogen-bond donors (Lipinski definition) is 0. The van der Waals surface area contributed by atoms with Gasteiger partial charge in [-0.25, -0.2) is 0 Å². The molecule has 1 aliphatic carbocycles. The van der Waals surface area contributed by atoms with Gasteiger partial charge in [0, 0.05) is 12.5 Å². The van der Waals surface area contributed by atoms with E-state index in [1.807, 2.05) is 0 Å². The maximum Gasteiger partial charge on any atom is 0.157 e. The van der Waals surface area contributed by atoms with Crippen LogP contribution in [0.5, 0.6) is 0 Å². The minimum Gasteiger partial charge on any atom is -0.502 e. The highest BCUT2D eigenvalue weighted by atomic mass is 16.5. The highest BCUT2D eigenvalue weighted by Gasteiger charge is 2.08. The Hall–Kier alpha value is -0.955. The van der Waals surface area contributed by atoms with E-state index in [9.17, 15) is 0 Å². The summed E-state index contributed by atoms with van der Waals surface area (Å²) in [6, 6.07) is 0. The fraction of sp³-hybridized carbons (Fsp3) is 0.600. The van der Waals surface area contributed by atoms with Crippen molar-refractivity contribution in [1.29, 1.82) is 0 Å². The van der Waals surface area contributed by atoms with Crippen molar-refractivity contribution in [3.63, 3.8) is 0 Å². The topological polar surface area (TPSA) is 18.5 Å². The number of allylic oxidation sites excluding steroid dienone is 3. The van der Waals surface area contributed by atoms with Gasteiger partial charge >= 0.3 is 0 Å². The van der Waals surface area contributed by atoms with E-state index in [1.54, 1.807) is 0 Å². The average Bonchev–Trinajstić information content (AvgIpc) is 2.40. The molecule has 1 atom stereocenters. The molecule has 0 aromatic rings. The molecule has 0 aromatic heterocycles. The van der Waals surface area contributed by atoms with E-state index >= 15 is 0 Å². The van der Waals surface area contributed by atoms with Crippen LogP contribution in [0.3, 0.4) is 0 Å². The lowest BCUT2D eigenvalue weighted by Crippen LogP contribution is -2.11. The van der Waals surface area contributed by atoms with Crippen LogP contribution in [-0.4, -0.2) is 27.1 Å². The van der Waals surface area contributed by atoms with E-state index in [4.69, 9.17) is 9.47 Å². The molecule has 0 N–H and O–H groups in total. The molecule has 0 spiro atoms. The molecule has 0 aliphatic heterocycles. The first-order chi connectivity index (χ1) is 8.86. The lowest BCUT2D eigenvalue weighted by atomic mass is 9.65. The maximum atomic E-state index is 5.69. The van der Waals surface area contributed by atoms with Crippen molar-refractivity contribution in [2.24, 2.45) is 5.92 Å². The van der Waals surface area contributed by atoms with Gasteiger partial charge in [-0.1, -0.05) is 43.5 Å². The fourth-order valence-electron chi connectivity index (χ4n) is 2.01. The molecule has 0 fully saturated rings. The van der Waals surface area contributed by atoms with Gasteiger partial charge in [0.25, 0.3) is 0 Å². The van der Waals surface area contributed by atoms with Crippen molar-refractivity contribution in [3.05, 3.63) is 36.5 Å². The van der Waals surface area contributed by atoms with Crippen molar-refractivity contribution >= 4 is 7.28 Å². The predicted molar refractivity (Wildman–Crippen MR) is 79.2 cm³/mol. The van der Waals surface area contributed by atoms with Crippen molar-refractivity contribution in [2.75, 3.05) is 19.8 Å². The van der Waals surface area contributed by atoms with Crippen LogP contribution >= 0.6 is 0 Å².